The molecule has 62 heavy (non-hydrogen) atoms. The summed E-state index contributed by atoms with van der Waals surface area (Å²) in [5.74, 6) is -3.86. The number of hydrogen-bond donors (Lipinski definition) is 4. The first-order valence-corrected chi connectivity index (χ1v) is 19.5. The lowest BCUT2D eigenvalue weighted by molar-refractivity contribution is 0.244. The number of carbonyl (C=O) groups excluding carboxylic acids is 2. The average molecular weight is 844 g/mol. The standard InChI is InChI=1S/C45H37F4N9O4/c1-54(12-2-14-55-24-36-38(42(55)59)40(28-8-4-26(22-50)5-9-28)52-44(61)57(36)34-18-30(46)16-31(47)19-34)13-3-15-56-25-37-39(43(56)60)41(29-10-6-27(23-51)7-11-29)53-45(62)58(37)35-20-32(48)17-33(49)21-35/h4-11,16-21,24-25,40-41,59-60H,2-3,12-15H2,1H3,(H,52,61)(H,53,62)/t40-,41-/m1/s1. The van der Waals surface area contributed by atoms with Crippen molar-refractivity contribution in [2.75, 3.05) is 29.9 Å². The van der Waals surface area contributed by atoms with Crippen LogP contribution in [0.15, 0.2) is 97.3 Å². The average Bonchev–Trinajstić information content (AvgIpc) is 3.74. The predicted molar refractivity (Wildman–Crippen MR) is 219 cm³/mol. The van der Waals surface area contributed by atoms with E-state index in [1.807, 2.05) is 24.1 Å². The molecular formula is C45H37F4N9O4. The van der Waals surface area contributed by atoms with Crippen LogP contribution in [0.2, 0.25) is 0 Å². The minimum atomic E-state index is -0.885. The Morgan fingerprint density at radius 1 is 0.613 bits per heavy atom. The molecule has 2 atom stereocenters. The zero-order valence-electron chi connectivity index (χ0n) is 33.0. The summed E-state index contributed by atoms with van der Waals surface area (Å²) in [5, 5.41) is 47.5. The molecule has 0 saturated heterocycles. The highest BCUT2D eigenvalue weighted by molar-refractivity contribution is 6.04. The number of nitrogens with zero attached hydrogens (tertiary/aromatic N) is 7. The van der Waals surface area contributed by atoms with Crippen molar-refractivity contribution in [2.45, 2.75) is 38.0 Å². The SMILES string of the molecule is CN(CCCn1cc2c(c1O)[C@@H](c1ccc(C#N)cc1)NC(=O)N2c1cc(F)cc(F)c1)CCCn1cc2c(c1O)[C@@H](c1ccc(C#N)cc1)NC(=O)N2c1cc(F)cc(F)c1. The number of urea groups is 2. The summed E-state index contributed by atoms with van der Waals surface area (Å²) in [6.07, 6.45) is 4.17. The first-order chi connectivity index (χ1) is 29.8. The summed E-state index contributed by atoms with van der Waals surface area (Å²) in [4.78, 5) is 31.4. The summed E-state index contributed by atoms with van der Waals surface area (Å²) in [6.45, 7) is 1.68. The lowest BCUT2D eigenvalue weighted by Gasteiger charge is -2.33. The Morgan fingerprint density at radius 3 is 1.31 bits per heavy atom. The predicted octanol–water partition coefficient (Wildman–Crippen LogP) is 8.31. The van der Waals surface area contributed by atoms with Crippen LogP contribution in [0.4, 0.5) is 49.9 Å². The number of fused-ring (bicyclic) bond motifs is 2. The van der Waals surface area contributed by atoms with Crippen molar-refractivity contribution < 1.29 is 37.4 Å². The Morgan fingerprint density at radius 2 is 0.968 bits per heavy atom. The molecule has 314 valence electrons. The van der Waals surface area contributed by atoms with E-state index < -0.39 is 47.4 Å². The van der Waals surface area contributed by atoms with Gasteiger partial charge in [-0.2, -0.15) is 10.5 Å². The van der Waals surface area contributed by atoms with Gasteiger partial charge in [0, 0.05) is 37.6 Å². The number of nitrogens with one attached hydrogen (secondary N) is 2. The second kappa shape index (κ2) is 16.7. The van der Waals surface area contributed by atoms with E-state index in [9.17, 15) is 47.9 Å². The molecule has 0 aliphatic carbocycles. The van der Waals surface area contributed by atoms with Gasteiger partial charge in [-0.05, 0) is 92.6 Å². The molecule has 4 amide bonds. The van der Waals surface area contributed by atoms with Gasteiger partial charge in [0.05, 0.1) is 69.2 Å². The normalized spacial score (nSPS) is 15.7. The van der Waals surface area contributed by atoms with Crippen LogP contribution in [-0.2, 0) is 13.1 Å². The summed E-state index contributed by atoms with van der Waals surface area (Å²) in [6, 6.07) is 19.5. The van der Waals surface area contributed by atoms with Crippen LogP contribution in [-0.4, -0.2) is 56.4 Å². The van der Waals surface area contributed by atoms with E-state index in [-0.39, 0.29) is 34.5 Å². The van der Waals surface area contributed by atoms with E-state index in [0.717, 1.165) is 34.1 Å². The number of aromatic hydroxyl groups is 2. The number of nitriles is 2. The lowest BCUT2D eigenvalue weighted by Crippen LogP contribution is -2.44. The van der Waals surface area contributed by atoms with Crippen LogP contribution in [0.5, 0.6) is 11.8 Å². The second-order valence-electron chi connectivity index (χ2n) is 15.1. The maximum absolute atomic E-state index is 14.4. The van der Waals surface area contributed by atoms with Gasteiger partial charge in [-0.1, -0.05) is 24.3 Å². The van der Waals surface area contributed by atoms with Crippen LogP contribution in [0.25, 0.3) is 0 Å². The Labute approximate surface area is 352 Å². The number of hydrogen-bond acceptors (Lipinski definition) is 7. The zero-order chi connectivity index (χ0) is 43.8. The molecule has 0 fully saturated rings. The van der Waals surface area contributed by atoms with Crippen LogP contribution < -0.4 is 20.4 Å². The van der Waals surface area contributed by atoms with Crippen LogP contribution >= 0.6 is 0 Å². The number of aromatic nitrogens is 2. The van der Waals surface area contributed by atoms with Gasteiger partial charge in [-0.15, -0.1) is 0 Å². The summed E-state index contributed by atoms with van der Waals surface area (Å²) < 4.78 is 60.6. The van der Waals surface area contributed by atoms with Crippen molar-refractivity contribution in [3.63, 3.8) is 0 Å². The lowest BCUT2D eigenvalue weighted by atomic mass is 9.96. The number of amides is 4. The molecule has 0 unspecified atom stereocenters. The largest absolute Gasteiger partial charge is 0.494 e. The first-order valence-electron chi connectivity index (χ1n) is 19.5. The monoisotopic (exact) mass is 843 g/mol. The van der Waals surface area contributed by atoms with Crippen molar-refractivity contribution in [3.8, 4) is 23.9 Å². The molecule has 0 saturated carbocycles. The molecule has 8 rings (SSSR count). The Bertz CT molecular complexity index is 2560. The third-order valence-corrected chi connectivity index (χ3v) is 11.0. The number of carbonyl (C=O) groups is 2. The molecule has 0 bridgehead atoms. The van der Waals surface area contributed by atoms with Crippen molar-refractivity contribution >= 4 is 34.8 Å². The van der Waals surface area contributed by atoms with Gasteiger partial charge in [0.15, 0.2) is 11.8 Å². The third-order valence-electron chi connectivity index (χ3n) is 11.0. The summed E-state index contributed by atoms with van der Waals surface area (Å²) in [7, 11) is 1.90. The third kappa shape index (κ3) is 7.84. The van der Waals surface area contributed by atoms with E-state index >= 15 is 0 Å². The molecule has 4 aromatic carbocycles. The second-order valence-corrected chi connectivity index (χ2v) is 15.1. The fourth-order valence-corrected chi connectivity index (χ4v) is 8.07. The Balaban J connectivity index is 0.986. The van der Waals surface area contributed by atoms with Gasteiger partial charge in [0.2, 0.25) is 0 Å². The molecule has 0 radical (unpaired) electrons. The summed E-state index contributed by atoms with van der Waals surface area (Å²) >= 11 is 0. The summed E-state index contributed by atoms with van der Waals surface area (Å²) in [5.41, 5.74) is 2.88. The maximum atomic E-state index is 14.4. The van der Waals surface area contributed by atoms with Crippen molar-refractivity contribution in [1.82, 2.24) is 24.7 Å². The molecule has 4 N–H and O–H groups in total. The van der Waals surface area contributed by atoms with Crippen molar-refractivity contribution in [1.29, 1.82) is 10.5 Å². The minimum Gasteiger partial charge on any atom is -0.494 e. The number of rotatable bonds is 12. The maximum Gasteiger partial charge on any atom is 0.327 e. The van der Waals surface area contributed by atoms with Gasteiger partial charge in [-0.3, -0.25) is 9.80 Å². The van der Waals surface area contributed by atoms with Gasteiger partial charge in [-0.25, -0.2) is 27.2 Å². The molecule has 13 nitrogen and oxygen atoms in total. The zero-order valence-corrected chi connectivity index (χ0v) is 33.0. The van der Waals surface area contributed by atoms with Crippen molar-refractivity contribution in [2.24, 2.45) is 0 Å². The van der Waals surface area contributed by atoms with Gasteiger partial charge >= 0.3 is 12.1 Å². The Kier molecular flexibility index (Phi) is 11.1. The molecule has 4 heterocycles. The van der Waals surface area contributed by atoms with Gasteiger partial charge < -0.3 is 34.9 Å². The van der Waals surface area contributed by atoms with Gasteiger partial charge in [0.1, 0.15) is 23.3 Å². The number of anilines is 4. The molecular weight excluding hydrogens is 807 g/mol. The molecule has 6 aromatic rings. The number of aryl methyl sites for hydroxylation is 2. The van der Waals surface area contributed by atoms with Crippen molar-refractivity contribution in [3.05, 3.63) is 154 Å². The topological polar surface area (TPSA) is 166 Å². The highest BCUT2D eigenvalue weighted by Crippen LogP contribution is 2.47. The number of halogens is 4. The first kappa shape index (κ1) is 41.0. The number of benzene rings is 4. The highest BCUT2D eigenvalue weighted by Gasteiger charge is 2.39. The molecule has 0 spiro atoms. The molecule has 2 aliphatic rings. The fourth-order valence-electron chi connectivity index (χ4n) is 8.07. The fraction of sp³-hybridized carbons (Fsp3) is 0.200. The molecule has 2 aromatic heterocycles. The van der Waals surface area contributed by atoms with E-state index in [4.69, 9.17) is 0 Å². The van der Waals surface area contributed by atoms with E-state index in [1.54, 1.807) is 70.1 Å². The molecule has 17 heteroatoms. The van der Waals surface area contributed by atoms with E-state index in [2.05, 4.69) is 10.6 Å². The van der Waals surface area contributed by atoms with Crippen LogP contribution in [0.1, 0.15) is 58.3 Å². The highest BCUT2D eigenvalue weighted by atomic mass is 19.1. The van der Waals surface area contributed by atoms with Gasteiger partial charge in [0.25, 0.3) is 0 Å². The quantitative estimate of drug-likeness (QED) is 0.0900. The van der Waals surface area contributed by atoms with Crippen LogP contribution in [0, 0.1) is 45.9 Å². The smallest absolute Gasteiger partial charge is 0.327 e. The minimum absolute atomic E-state index is 0.0748. The van der Waals surface area contributed by atoms with E-state index in [0.29, 0.717) is 84.5 Å². The Hall–Kier alpha value is -7.76. The van der Waals surface area contributed by atoms with Crippen LogP contribution in [0.3, 0.4) is 0 Å². The molecule has 2 aliphatic heterocycles. The van der Waals surface area contributed by atoms with E-state index in [1.165, 1.54) is 0 Å².